The molecule has 1 saturated heterocycles. The van der Waals surface area contributed by atoms with Gasteiger partial charge in [-0.15, -0.1) is 0 Å². The molecule has 6 rings (SSSR count). The maximum absolute atomic E-state index is 12.9. The minimum absolute atomic E-state index is 0.139. The van der Waals surface area contributed by atoms with Gasteiger partial charge in [0.1, 0.15) is 6.61 Å². The van der Waals surface area contributed by atoms with Crippen molar-refractivity contribution in [3.05, 3.63) is 69.2 Å². The average molecular weight is 530 g/mol. The number of fused-ring (bicyclic) bond motifs is 1. The summed E-state index contributed by atoms with van der Waals surface area (Å²) < 4.78 is 12.1. The van der Waals surface area contributed by atoms with Crippen molar-refractivity contribution in [2.45, 2.75) is 19.4 Å². The number of nitrogens with zero attached hydrogens (tertiary/aromatic N) is 2. The molecule has 0 radical (unpaired) electrons. The van der Waals surface area contributed by atoms with Crippen LogP contribution in [0.3, 0.4) is 0 Å². The summed E-state index contributed by atoms with van der Waals surface area (Å²) >= 11 is 9.75. The van der Waals surface area contributed by atoms with Crippen molar-refractivity contribution in [1.29, 1.82) is 0 Å². The van der Waals surface area contributed by atoms with Crippen molar-refractivity contribution in [3.8, 4) is 11.5 Å². The second-order valence-electron chi connectivity index (χ2n) is 8.49. The predicted molar refractivity (Wildman–Crippen MR) is 128 cm³/mol. The van der Waals surface area contributed by atoms with Crippen molar-refractivity contribution >= 4 is 45.6 Å². The van der Waals surface area contributed by atoms with Crippen molar-refractivity contribution < 1.29 is 19.1 Å². The smallest absolute Gasteiger partial charge is 0.254 e. The quantitative estimate of drug-likeness (QED) is 0.292. The van der Waals surface area contributed by atoms with E-state index in [-0.39, 0.29) is 42.1 Å². The Morgan fingerprint density at radius 1 is 1.12 bits per heavy atom. The summed E-state index contributed by atoms with van der Waals surface area (Å²) in [5.41, 5.74) is 1.52. The van der Waals surface area contributed by atoms with Crippen LogP contribution in [0.4, 0.5) is 0 Å². The number of rotatable bonds is 6. The summed E-state index contributed by atoms with van der Waals surface area (Å²) in [6.07, 6.45) is 7.61. The molecule has 1 saturated carbocycles. The second-order valence-corrected chi connectivity index (χ2v) is 9.75. The zero-order chi connectivity index (χ0) is 23.1. The summed E-state index contributed by atoms with van der Waals surface area (Å²) in [7, 11) is 1.55. The topological polar surface area (TPSA) is 68.2 Å². The number of hydrazone groups is 1. The third-order valence-electron chi connectivity index (χ3n) is 6.64. The van der Waals surface area contributed by atoms with Gasteiger partial charge in [0.05, 0.1) is 29.6 Å². The molecule has 2 fully saturated rings. The number of ether oxygens (including phenoxy) is 2. The lowest BCUT2D eigenvalue weighted by Crippen LogP contribution is -2.38. The van der Waals surface area contributed by atoms with Crippen molar-refractivity contribution in [1.82, 2.24) is 5.01 Å². The third kappa shape index (κ3) is 3.97. The van der Waals surface area contributed by atoms with E-state index in [4.69, 9.17) is 21.1 Å². The van der Waals surface area contributed by atoms with Gasteiger partial charge in [0.15, 0.2) is 11.5 Å². The molecule has 2 aromatic carbocycles. The molecule has 6 nitrogen and oxygen atoms in total. The molecule has 1 heterocycles. The van der Waals surface area contributed by atoms with Gasteiger partial charge in [-0.05, 0) is 64.4 Å². The number of hydrogen-bond donors (Lipinski definition) is 0. The van der Waals surface area contributed by atoms with Crippen LogP contribution in [0.15, 0.2) is 58.1 Å². The molecule has 2 aromatic rings. The molecule has 0 N–H and O–H groups in total. The van der Waals surface area contributed by atoms with E-state index >= 15 is 0 Å². The molecule has 170 valence electrons. The molecular weight excluding hydrogens is 508 g/mol. The zero-order valence-electron chi connectivity index (χ0n) is 17.9. The van der Waals surface area contributed by atoms with Crippen LogP contribution in [-0.4, -0.2) is 30.1 Å². The minimum Gasteiger partial charge on any atom is -0.493 e. The van der Waals surface area contributed by atoms with Crippen LogP contribution in [0.2, 0.25) is 5.02 Å². The molecule has 4 unspecified atom stereocenters. The summed E-state index contributed by atoms with van der Waals surface area (Å²) in [6.45, 7) is 0.276. The van der Waals surface area contributed by atoms with Gasteiger partial charge >= 0.3 is 0 Å². The third-order valence-corrected chi connectivity index (χ3v) is 7.60. The fraction of sp³-hybridized carbons (Fsp3) is 0.320. The highest BCUT2D eigenvalue weighted by Crippen LogP contribution is 2.49. The molecule has 0 spiro atoms. The standard InChI is InChI=1S/C25H22BrClN2O4/c1-32-20-11-14(10-18(26)23(20)33-13-17-4-2-3-5-19(17)27)12-28-29-24(30)21-15-6-7-16(9-8-15)22(21)25(29)31/h2-7,10-12,15-16,21-22H,8-9,13H2,1H3/b28-12+. The molecule has 33 heavy (non-hydrogen) atoms. The van der Waals surface area contributed by atoms with E-state index in [9.17, 15) is 9.59 Å². The van der Waals surface area contributed by atoms with E-state index in [1.165, 1.54) is 6.21 Å². The first kappa shape index (κ1) is 22.2. The number of benzene rings is 2. The Kier molecular flexibility index (Phi) is 6.01. The molecule has 0 aromatic heterocycles. The summed E-state index contributed by atoms with van der Waals surface area (Å²) in [5.74, 6) is 0.336. The molecule has 8 heteroatoms. The van der Waals surface area contributed by atoms with E-state index in [1.54, 1.807) is 19.2 Å². The van der Waals surface area contributed by atoms with E-state index in [2.05, 4.69) is 33.2 Å². The fourth-order valence-electron chi connectivity index (χ4n) is 5.02. The SMILES string of the molecule is COc1cc(/C=N/N2C(=O)C3C4C=CC(CC4)C3C2=O)cc(Br)c1OCc1ccccc1Cl. The van der Waals surface area contributed by atoms with Crippen LogP contribution in [0.1, 0.15) is 24.0 Å². The van der Waals surface area contributed by atoms with Gasteiger partial charge in [0, 0.05) is 10.6 Å². The summed E-state index contributed by atoms with van der Waals surface area (Å²) in [5, 5.41) is 5.95. The highest BCUT2D eigenvalue weighted by molar-refractivity contribution is 9.10. The number of methoxy groups -OCH3 is 1. The van der Waals surface area contributed by atoms with Gasteiger partial charge in [-0.1, -0.05) is 42.0 Å². The van der Waals surface area contributed by atoms with E-state index in [0.29, 0.717) is 26.6 Å². The van der Waals surface area contributed by atoms with E-state index in [0.717, 1.165) is 23.4 Å². The van der Waals surface area contributed by atoms with Gasteiger partial charge in [0.2, 0.25) is 0 Å². The maximum atomic E-state index is 12.9. The van der Waals surface area contributed by atoms with Crippen LogP contribution in [-0.2, 0) is 16.2 Å². The predicted octanol–water partition coefficient (Wildman–Crippen LogP) is 5.22. The van der Waals surface area contributed by atoms with Gasteiger partial charge < -0.3 is 9.47 Å². The van der Waals surface area contributed by atoms with E-state index in [1.807, 2.05) is 24.3 Å². The number of amides is 2. The first-order chi connectivity index (χ1) is 16.0. The first-order valence-electron chi connectivity index (χ1n) is 10.8. The van der Waals surface area contributed by atoms with Crippen molar-refractivity contribution in [2.75, 3.05) is 7.11 Å². The van der Waals surface area contributed by atoms with Crippen molar-refractivity contribution in [3.63, 3.8) is 0 Å². The van der Waals surface area contributed by atoms with E-state index < -0.39 is 0 Å². The van der Waals surface area contributed by atoms with Gasteiger partial charge in [0.25, 0.3) is 11.8 Å². The fourth-order valence-corrected chi connectivity index (χ4v) is 5.78. The van der Waals surface area contributed by atoms with Gasteiger partial charge in [-0.2, -0.15) is 10.1 Å². The maximum Gasteiger partial charge on any atom is 0.254 e. The number of carbonyl (C=O) groups excluding carboxylic acids is 2. The number of hydrogen-bond acceptors (Lipinski definition) is 5. The first-order valence-corrected chi connectivity index (χ1v) is 12.0. The number of halogens is 2. The molecular formula is C25H22BrClN2O4. The largest absolute Gasteiger partial charge is 0.493 e. The normalized spacial score (nSPS) is 25.7. The Bertz CT molecular complexity index is 1150. The van der Waals surface area contributed by atoms with Crippen molar-refractivity contribution in [2.24, 2.45) is 28.8 Å². The van der Waals surface area contributed by atoms with Gasteiger partial charge in [-0.3, -0.25) is 9.59 Å². The Balaban J connectivity index is 1.35. The Morgan fingerprint density at radius 3 is 2.39 bits per heavy atom. The van der Waals surface area contributed by atoms with Gasteiger partial charge in [-0.25, -0.2) is 0 Å². The monoisotopic (exact) mass is 528 g/mol. The lowest BCUT2D eigenvalue weighted by molar-refractivity contribution is -0.140. The Hall–Kier alpha value is -2.64. The minimum atomic E-state index is -0.278. The number of imide groups is 1. The summed E-state index contributed by atoms with van der Waals surface area (Å²) in [6, 6.07) is 11.0. The number of carbonyl (C=O) groups is 2. The molecule has 4 aliphatic rings. The molecule has 2 bridgehead atoms. The zero-order valence-corrected chi connectivity index (χ0v) is 20.3. The summed E-state index contributed by atoms with van der Waals surface area (Å²) in [4.78, 5) is 25.9. The van der Waals surface area contributed by atoms with Crippen LogP contribution in [0.5, 0.6) is 11.5 Å². The number of allylic oxidation sites excluding steroid dienone is 2. The molecule has 3 aliphatic carbocycles. The highest BCUT2D eigenvalue weighted by Gasteiger charge is 2.56. The molecule has 4 atom stereocenters. The average Bonchev–Trinajstić information content (AvgIpc) is 3.10. The Labute approximate surface area is 205 Å². The van der Waals surface area contributed by atoms with Crippen LogP contribution in [0.25, 0.3) is 0 Å². The highest BCUT2D eigenvalue weighted by atomic mass is 79.9. The molecule has 1 aliphatic heterocycles. The lowest BCUT2D eigenvalue weighted by Gasteiger charge is -2.37. The lowest BCUT2D eigenvalue weighted by atomic mass is 9.63. The molecule has 2 amide bonds. The van der Waals surface area contributed by atoms with Crippen LogP contribution < -0.4 is 9.47 Å². The van der Waals surface area contributed by atoms with Crippen LogP contribution in [0, 0.1) is 23.7 Å². The second kappa shape index (κ2) is 8.95. The Morgan fingerprint density at radius 2 is 1.79 bits per heavy atom. The van der Waals surface area contributed by atoms with Crippen LogP contribution >= 0.6 is 27.5 Å².